The molecule has 2 aromatic carbocycles. The highest BCUT2D eigenvalue weighted by Crippen LogP contribution is 2.23. The van der Waals surface area contributed by atoms with Crippen LogP contribution >= 0.6 is 11.6 Å². The van der Waals surface area contributed by atoms with E-state index in [4.69, 9.17) is 25.8 Å². The molecule has 0 aliphatic carbocycles. The monoisotopic (exact) mass is 332 g/mol. The molecule has 120 valence electrons. The van der Waals surface area contributed by atoms with Gasteiger partial charge in [-0.25, -0.2) is 4.79 Å². The van der Waals surface area contributed by atoms with Crippen LogP contribution in [0.15, 0.2) is 48.5 Å². The third-order valence-corrected chi connectivity index (χ3v) is 3.29. The van der Waals surface area contributed by atoms with Gasteiger partial charge in [-0.05, 0) is 41.5 Å². The highest BCUT2D eigenvalue weighted by molar-refractivity contribution is 6.30. The third kappa shape index (κ3) is 5.34. The lowest BCUT2D eigenvalue weighted by atomic mass is 10.2. The molecule has 0 saturated carbocycles. The molecule has 5 heteroatoms. The van der Waals surface area contributed by atoms with Gasteiger partial charge in [0.25, 0.3) is 0 Å². The summed E-state index contributed by atoms with van der Waals surface area (Å²) in [7, 11) is 3.14. The zero-order valence-corrected chi connectivity index (χ0v) is 13.7. The molecular formula is C18H17ClO4. The summed E-state index contributed by atoms with van der Waals surface area (Å²) >= 11 is 5.88. The number of carbonyl (C=O) groups excluding carboxylic acids is 1. The van der Waals surface area contributed by atoms with Crippen LogP contribution in [0.3, 0.4) is 0 Å². The van der Waals surface area contributed by atoms with Gasteiger partial charge in [0.15, 0.2) is 0 Å². The third-order valence-electron chi connectivity index (χ3n) is 3.06. The van der Waals surface area contributed by atoms with Crippen LogP contribution < -0.4 is 9.47 Å². The highest BCUT2D eigenvalue weighted by Gasteiger charge is 2.02. The molecule has 0 amide bonds. The molecule has 0 unspecified atom stereocenters. The first-order valence-electron chi connectivity index (χ1n) is 6.93. The lowest BCUT2D eigenvalue weighted by Crippen LogP contribution is -2.00. The maximum Gasteiger partial charge on any atom is 0.331 e. The lowest BCUT2D eigenvalue weighted by Gasteiger charge is -2.06. The number of ether oxygens (including phenoxy) is 3. The Kier molecular flexibility index (Phi) is 6.06. The minimum atomic E-state index is -0.438. The predicted molar refractivity (Wildman–Crippen MR) is 89.8 cm³/mol. The van der Waals surface area contributed by atoms with Gasteiger partial charge in [-0.15, -0.1) is 0 Å². The van der Waals surface area contributed by atoms with Gasteiger partial charge >= 0.3 is 5.97 Å². The van der Waals surface area contributed by atoms with Crippen molar-refractivity contribution in [1.82, 2.24) is 0 Å². The Morgan fingerprint density at radius 2 is 1.78 bits per heavy atom. The Hall–Kier alpha value is -2.46. The van der Waals surface area contributed by atoms with Crippen LogP contribution in [0.25, 0.3) is 6.08 Å². The summed E-state index contributed by atoms with van der Waals surface area (Å²) in [5, 5.41) is 0.609. The van der Waals surface area contributed by atoms with E-state index >= 15 is 0 Å². The number of halogens is 1. The summed E-state index contributed by atoms with van der Waals surface area (Å²) in [6.45, 7) is 0.172. The van der Waals surface area contributed by atoms with Crippen molar-refractivity contribution in [2.75, 3.05) is 14.2 Å². The molecule has 0 bridgehead atoms. The fraction of sp³-hybridized carbons (Fsp3) is 0.167. The smallest absolute Gasteiger partial charge is 0.331 e. The molecule has 2 rings (SSSR count). The Balaban J connectivity index is 1.98. The molecule has 23 heavy (non-hydrogen) atoms. The fourth-order valence-corrected chi connectivity index (χ4v) is 2.13. The van der Waals surface area contributed by atoms with E-state index in [9.17, 15) is 4.79 Å². The van der Waals surface area contributed by atoms with Gasteiger partial charge in [-0.1, -0.05) is 23.7 Å². The minimum Gasteiger partial charge on any atom is -0.497 e. The van der Waals surface area contributed by atoms with Crippen molar-refractivity contribution in [1.29, 1.82) is 0 Å². The molecule has 0 fully saturated rings. The maximum atomic E-state index is 11.8. The van der Waals surface area contributed by atoms with Gasteiger partial charge in [-0.2, -0.15) is 0 Å². The van der Waals surface area contributed by atoms with Crippen LogP contribution in [0.2, 0.25) is 5.02 Å². The highest BCUT2D eigenvalue weighted by atomic mass is 35.5. The second kappa shape index (κ2) is 8.25. The first-order chi connectivity index (χ1) is 11.1. The van der Waals surface area contributed by atoms with Gasteiger partial charge in [0.2, 0.25) is 0 Å². The summed E-state index contributed by atoms with van der Waals surface area (Å²) in [5.74, 6) is 0.861. The SMILES string of the molecule is COc1cc(/C=C/C(=O)OCc2cccc(Cl)c2)cc(OC)c1. The van der Waals surface area contributed by atoms with Crippen molar-refractivity contribution in [2.24, 2.45) is 0 Å². The lowest BCUT2D eigenvalue weighted by molar-refractivity contribution is -0.138. The van der Waals surface area contributed by atoms with Gasteiger partial charge in [0, 0.05) is 17.2 Å². The van der Waals surface area contributed by atoms with Crippen LogP contribution in [0.1, 0.15) is 11.1 Å². The minimum absolute atomic E-state index is 0.172. The van der Waals surface area contributed by atoms with Crippen molar-refractivity contribution in [2.45, 2.75) is 6.61 Å². The van der Waals surface area contributed by atoms with Gasteiger partial charge < -0.3 is 14.2 Å². The molecule has 4 nitrogen and oxygen atoms in total. The standard InChI is InChI=1S/C18H17ClO4/c1-21-16-9-13(10-17(11-16)22-2)6-7-18(20)23-12-14-4-3-5-15(19)8-14/h3-11H,12H2,1-2H3/b7-6+. The molecule has 0 saturated heterocycles. The Morgan fingerprint density at radius 3 is 2.39 bits per heavy atom. The van der Waals surface area contributed by atoms with Gasteiger partial charge in [0.05, 0.1) is 14.2 Å². The van der Waals surface area contributed by atoms with Crippen LogP contribution in [-0.4, -0.2) is 20.2 Å². The fourth-order valence-electron chi connectivity index (χ4n) is 1.92. The average molecular weight is 333 g/mol. The van der Waals surface area contributed by atoms with E-state index in [0.29, 0.717) is 16.5 Å². The number of rotatable bonds is 6. The summed E-state index contributed by atoms with van der Waals surface area (Å²) < 4.78 is 15.5. The Morgan fingerprint density at radius 1 is 1.09 bits per heavy atom. The number of methoxy groups -OCH3 is 2. The van der Waals surface area contributed by atoms with Crippen molar-refractivity contribution >= 4 is 23.6 Å². The second-order valence-electron chi connectivity index (χ2n) is 4.72. The van der Waals surface area contributed by atoms with E-state index in [1.54, 1.807) is 50.6 Å². The molecule has 2 aromatic rings. The normalized spacial score (nSPS) is 10.6. The molecule has 0 N–H and O–H groups in total. The van der Waals surface area contributed by atoms with Gasteiger partial charge in [-0.3, -0.25) is 0 Å². The molecule has 0 aromatic heterocycles. The molecule has 0 spiro atoms. The van der Waals surface area contributed by atoms with E-state index in [2.05, 4.69) is 0 Å². The second-order valence-corrected chi connectivity index (χ2v) is 5.15. The molecular weight excluding hydrogens is 316 g/mol. The van der Waals surface area contributed by atoms with E-state index in [0.717, 1.165) is 11.1 Å². The van der Waals surface area contributed by atoms with E-state index < -0.39 is 5.97 Å². The van der Waals surface area contributed by atoms with Crippen molar-refractivity contribution < 1.29 is 19.0 Å². The number of carbonyl (C=O) groups is 1. The van der Waals surface area contributed by atoms with Crippen LogP contribution in [-0.2, 0) is 16.1 Å². The van der Waals surface area contributed by atoms with Crippen LogP contribution in [0.5, 0.6) is 11.5 Å². The summed E-state index contributed by atoms with van der Waals surface area (Å²) in [4.78, 5) is 11.8. The zero-order chi connectivity index (χ0) is 16.7. The number of benzene rings is 2. The largest absolute Gasteiger partial charge is 0.497 e. The Bertz CT molecular complexity index is 688. The molecule has 0 atom stereocenters. The average Bonchev–Trinajstić information content (AvgIpc) is 2.57. The van der Waals surface area contributed by atoms with E-state index in [1.807, 2.05) is 12.1 Å². The van der Waals surface area contributed by atoms with E-state index in [1.165, 1.54) is 6.08 Å². The van der Waals surface area contributed by atoms with Crippen LogP contribution in [0.4, 0.5) is 0 Å². The number of esters is 1. The quantitative estimate of drug-likeness (QED) is 0.590. The summed E-state index contributed by atoms with van der Waals surface area (Å²) in [6.07, 6.45) is 3.00. The first-order valence-corrected chi connectivity index (χ1v) is 7.31. The topological polar surface area (TPSA) is 44.8 Å². The first kappa shape index (κ1) is 16.9. The maximum absolute atomic E-state index is 11.8. The molecule has 0 heterocycles. The molecule has 0 aliphatic rings. The van der Waals surface area contributed by atoms with Gasteiger partial charge in [0.1, 0.15) is 18.1 Å². The van der Waals surface area contributed by atoms with Crippen molar-refractivity contribution in [3.63, 3.8) is 0 Å². The van der Waals surface area contributed by atoms with Crippen molar-refractivity contribution in [3.8, 4) is 11.5 Å². The van der Waals surface area contributed by atoms with E-state index in [-0.39, 0.29) is 6.61 Å². The van der Waals surface area contributed by atoms with Crippen LogP contribution in [0, 0.1) is 0 Å². The predicted octanol–water partition coefficient (Wildman–Crippen LogP) is 4.11. The number of hydrogen-bond acceptors (Lipinski definition) is 4. The Labute approximate surface area is 140 Å². The molecule has 0 radical (unpaired) electrons. The summed E-state index contributed by atoms with van der Waals surface area (Å²) in [6, 6.07) is 12.5. The molecule has 0 aliphatic heterocycles. The zero-order valence-electron chi connectivity index (χ0n) is 12.9. The summed E-state index contributed by atoms with van der Waals surface area (Å²) in [5.41, 5.74) is 1.61. The van der Waals surface area contributed by atoms with Crippen molar-refractivity contribution in [3.05, 3.63) is 64.7 Å². The number of hydrogen-bond donors (Lipinski definition) is 0.